The van der Waals surface area contributed by atoms with Gasteiger partial charge in [0.2, 0.25) is 11.0 Å². The van der Waals surface area contributed by atoms with Gasteiger partial charge in [-0.1, -0.05) is 30.0 Å². The van der Waals surface area contributed by atoms with Crippen LogP contribution in [0.2, 0.25) is 0 Å². The van der Waals surface area contributed by atoms with Gasteiger partial charge in [0.25, 0.3) is 0 Å². The van der Waals surface area contributed by atoms with E-state index in [-0.39, 0.29) is 11.7 Å². The molecule has 3 aromatic rings. The average molecular weight is 449 g/mol. The minimum Gasteiger partial charge on any atom is -0.491 e. The second-order valence-corrected chi connectivity index (χ2v) is 8.03. The number of aryl methyl sites for hydroxylation is 1. The number of carbonyl (C=O) groups is 1. The van der Waals surface area contributed by atoms with Crippen LogP contribution in [-0.2, 0) is 22.5 Å². The zero-order chi connectivity index (χ0) is 21.3. The summed E-state index contributed by atoms with van der Waals surface area (Å²) in [5.74, 6) is 1.75. The summed E-state index contributed by atoms with van der Waals surface area (Å²) in [6.07, 6.45) is 0.807. The van der Waals surface area contributed by atoms with Crippen LogP contribution < -0.4 is 10.1 Å². The molecular weight excluding hydrogens is 424 g/mol. The van der Waals surface area contributed by atoms with Crippen molar-refractivity contribution in [3.05, 3.63) is 30.1 Å². The Balaban J connectivity index is 1.53. The SMILES string of the molecule is CCc1nnc(SCC(=O)Nc2nnc(-c3ccc(OCCOC)cc3)s2)n1CC. The van der Waals surface area contributed by atoms with Crippen molar-refractivity contribution in [2.24, 2.45) is 0 Å². The summed E-state index contributed by atoms with van der Waals surface area (Å²) < 4.78 is 12.5. The molecule has 0 unspecified atom stereocenters. The van der Waals surface area contributed by atoms with Crippen molar-refractivity contribution in [2.45, 2.75) is 32.0 Å². The number of thioether (sulfide) groups is 1. The molecule has 0 bridgehead atoms. The number of carbonyl (C=O) groups excluding carboxylic acids is 1. The maximum absolute atomic E-state index is 12.3. The zero-order valence-corrected chi connectivity index (χ0v) is 18.8. The van der Waals surface area contributed by atoms with Gasteiger partial charge in [-0.25, -0.2) is 0 Å². The van der Waals surface area contributed by atoms with Gasteiger partial charge in [0.15, 0.2) is 5.16 Å². The number of hydrogen-bond acceptors (Lipinski definition) is 9. The number of ether oxygens (including phenoxy) is 2. The second-order valence-electron chi connectivity index (χ2n) is 6.11. The van der Waals surface area contributed by atoms with E-state index in [4.69, 9.17) is 9.47 Å². The Hall–Kier alpha value is -2.50. The molecule has 0 aliphatic carbocycles. The number of nitrogens with zero attached hydrogens (tertiary/aromatic N) is 5. The lowest BCUT2D eigenvalue weighted by atomic mass is 10.2. The van der Waals surface area contributed by atoms with Crippen LogP contribution >= 0.6 is 23.1 Å². The maximum atomic E-state index is 12.3. The minimum atomic E-state index is -0.159. The van der Waals surface area contributed by atoms with Crippen LogP contribution in [0.3, 0.4) is 0 Å². The number of anilines is 1. The standard InChI is InChI=1S/C19H24N6O3S2/c1-4-15-21-24-19(25(15)5-2)29-12-16(26)20-18-23-22-17(30-18)13-6-8-14(9-7-13)28-11-10-27-3/h6-9H,4-5,10-12H2,1-3H3,(H,20,23,26). The molecule has 0 saturated carbocycles. The lowest BCUT2D eigenvalue weighted by molar-refractivity contribution is -0.113. The van der Waals surface area contributed by atoms with Gasteiger partial charge in [0, 0.05) is 25.6 Å². The van der Waals surface area contributed by atoms with Crippen molar-refractivity contribution in [2.75, 3.05) is 31.4 Å². The maximum Gasteiger partial charge on any atom is 0.236 e. The lowest BCUT2D eigenvalue weighted by Gasteiger charge is -2.05. The first-order valence-electron chi connectivity index (χ1n) is 9.55. The second kappa shape index (κ2) is 11.0. The summed E-state index contributed by atoms with van der Waals surface area (Å²) in [5, 5.41) is 21.3. The number of methoxy groups -OCH3 is 1. The number of nitrogens with one attached hydrogen (secondary N) is 1. The van der Waals surface area contributed by atoms with Crippen molar-refractivity contribution in [1.82, 2.24) is 25.0 Å². The molecule has 0 fully saturated rings. The van der Waals surface area contributed by atoms with E-state index in [9.17, 15) is 4.79 Å². The minimum absolute atomic E-state index is 0.159. The van der Waals surface area contributed by atoms with Gasteiger partial charge < -0.3 is 14.0 Å². The molecule has 0 aliphatic rings. The predicted octanol–water partition coefficient (Wildman–Crippen LogP) is 3.13. The smallest absolute Gasteiger partial charge is 0.236 e. The van der Waals surface area contributed by atoms with Crippen molar-refractivity contribution in [3.8, 4) is 16.3 Å². The number of hydrogen-bond donors (Lipinski definition) is 1. The zero-order valence-electron chi connectivity index (χ0n) is 17.1. The molecule has 0 atom stereocenters. The number of aromatic nitrogens is 5. The van der Waals surface area contributed by atoms with Crippen molar-refractivity contribution < 1.29 is 14.3 Å². The molecule has 3 rings (SSSR count). The van der Waals surface area contributed by atoms with Gasteiger partial charge in [-0.15, -0.1) is 20.4 Å². The number of benzene rings is 1. The van der Waals surface area contributed by atoms with Crippen LogP contribution in [-0.4, -0.2) is 56.9 Å². The van der Waals surface area contributed by atoms with Crippen molar-refractivity contribution in [3.63, 3.8) is 0 Å². The molecule has 0 aliphatic heterocycles. The summed E-state index contributed by atoms with van der Waals surface area (Å²) >= 11 is 2.68. The average Bonchev–Trinajstić information content (AvgIpc) is 3.39. The molecule has 0 radical (unpaired) electrons. The Bertz CT molecular complexity index is 958. The predicted molar refractivity (Wildman–Crippen MR) is 117 cm³/mol. The van der Waals surface area contributed by atoms with Gasteiger partial charge in [-0.05, 0) is 31.2 Å². The highest BCUT2D eigenvalue weighted by Gasteiger charge is 2.14. The largest absolute Gasteiger partial charge is 0.491 e. The molecule has 1 amide bonds. The molecule has 2 aromatic heterocycles. The first-order valence-corrected chi connectivity index (χ1v) is 11.3. The van der Waals surface area contributed by atoms with Gasteiger partial charge in [0.05, 0.1) is 12.4 Å². The fraction of sp³-hybridized carbons (Fsp3) is 0.421. The van der Waals surface area contributed by atoms with Crippen LogP contribution in [0.4, 0.5) is 5.13 Å². The third kappa shape index (κ3) is 5.77. The number of rotatable bonds is 11. The normalized spacial score (nSPS) is 10.9. The Morgan fingerprint density at radius 2 is 1.93 bits per heavy atom. The van der Waals surface area contributed by atoms with E-state index in [0.29, 0.717) is 18.3 Å². The van der Waals surface area contributed by atoms with Crippen molar-refractivity contribution >= 4 is 34.1 Å². The van der Waals surface area contributed by atoms with E-state index in [1.807, 2.05) is 42.7 Å². The van der Waals surface area contributed by atoms with E-state index in [1.165, 1.54) is 23.1 Å². The van der Waals surface area contributed by atoms with Gasteiger partial charge in [-0.3, -0.25) is 10.1 Å². The highest BCUT2D eigenvalue weighted by atomic mass is 32.2. The van der Waals surface area contributed by atoms with E-state index in [1.54, 1.807) is 7.11 Å². The van der Waals surface area contributed by atoms with Crippen molar-refractivity contribution in [1.29, 1.82) is 0 Å². The van der Waals surface area contributed by atoms with E-state index in [0.717, 1.165) is 40.3 Å². The van der Waals surface area contributed by atoms with E-state index in [2.05, 4.69) is 25.7 Å². The molecule has 160 valence electrons. The quantitative estimate of drug-likeness (QED) is 0.352. The molecule has 0 saturated heterocycles. The van der Waals surface area contributed by atoms with E-state index >= 15 is 0 Å². The van der Waals surface area contributed by atoms with Crippen LogP contribution in [0.1, 0.15) is 19.7 Å². The first-order chi connectivity index (χ1) is 14.6. The topological polar surface area (TPSA) is 104 Å². The fourth-order valence-electron chi connectivity index (χ4n) is 2.62. The molecule has 1 aromatic carbocycles. The van der Waals surface area contributed by atoms with Crippen LogP contribution in [0.15, 0.2) is 29.4 Å². The molecule has 30 heavy (non-hydrogen) atoms. The highest BCUT2D eigenvalue weighted by molar-refractivity contribution is 7.99. The molecule has 1 N–H and O–H groups in total. The first kappa shape index (κ1) is 22.2. The molecule has 9 nitrogen and oxygen atoms in total. The summed E-state index contributed by atoms with van der Waals surface area (Å²) in [4.78, 5) is 12.3. The van der Waals surface area contributed by atoms with Gasteiger partial charge >= 0.3 is 0 Å². The molecule has 2 heterocycles. The Morgan fingerprint density at radius 3 is 2.63 bits per heavy atom. The lowest BCUT2D eigenvalue weighted by Crippen LogP contribution is -2.14. The van der Waals surface area contributed by atoms with Gasteiger partial charge in [0.1, 0.15) is 23.2 Å². The summed E-state index contributed by atoms with van der Waals surface area (Å²) in [6.45, 7) is 5.88. The monoisotopic (exact) mass is 448 g/mol. The van der Waals surface area contributed by atoms with Gasteiger partial charge in [-0.2, -0.15) is 0 Å². The molecular formula is C19H24N6O3S2. The molecule has 0 spiro atoms. The Labute approximate surface area is 183 Å². The summed E-state index contributed by atoms with van der Waals surface area (Å²) in [6, 6.07) is 7.56. The third-order valence-corrected chi connectivity index (χ3v) is 5.94. The Kier molecular flexibility index (Phi) is 8.17. The summed E-state index contributed by atoms with van der Waals surface area (Å²) in [7, 11) is 1.64. The number of amides is 1. The summed E-state index contributed by atoms with van der Waals surface area (Å²) in [5.41, 5.74) is 0.907. The Morgan fingerprint density at radius 1 is 1.13 bits per heavy atom. The molecule has 11 heteroatoms. The van der Waals surface area contributed by atoms with Crippen LogP contribution in [0.5, 0.6) is 5.75 Å². The van der Waals surface area contributed by atoms with E-state index < -0.39 is 0 Å². The third-order valence-electron chi connectivity index (χ3n) is 4.09. The fourth-order valence-corrected chi connectivity index (χ4v) is 4.20. The highest BCUT2D eigenvalue weighted by Crippen LogP contribution is 2.28. The van der Waals surface area contributed by atoms with Crippen LogP contribution in [0, 0.1) is 0 Å². The van der Waals surface area contributed by atoms with Crippen LogP contribution in [0.25, 0.3) is 10.6 Å².